The van der Waals surface area contributed by atoms with Crippen LogP contribution in [-0.4, -0.2) is 67.1 Å². The molecule has 0 amide bonds. The summed E-state index contributed by atoms with van der Waals surface area (Å²) < 4.78 is 60.3. The molecule has 16 nitrogen and oxygen atoms in total. The second-order valence-corrected chi connectivity index (χ2v) is 22.3. The minimum absolute atomic E-state index is 0.200. The third kappa shape index (κ3) is 11.7. The lowest BCUT2D eigenvalue weighted by atomic mass is 10.1. The fourth-order valence-electron chi connectivity index (χ4n) is 7.74. The standard InChI is InChI=1S/2C27H26N6O2S/c2*1-27(2,3)32-36(34,35)24-8-4-6-20(16-24)25-14-13-23-18-29-26(31-33(23)25)30-22-11-9-19(10-12-22)21-7-5-15-28-17-21/h2*4-18,32H,1-3H3,(H,30,31). The van der Waals surface area contributed by atoms with Gasteiger partial charge in [0, 0.05) is 58.4 Å². The van der Waals surface area contributed by atoms with E-state index in [0.29, 0.717) is 11.9 Å². The van der Waals surface area contributed by atoms with Crippen LogP contribution >= 0.6 is 0 Å². The number of hydrogen-bond acceptors (Lipinski definition) is 12. The van der Waals surface area contributed by atoms with Gasteiger partial charge in [0.15, 0.2) is 0 Å². The topological polar surface area (TPSA) is 203 Å². The van der Waals surface area contributed by atoms with Crippen molar-refractivity contribution in [2.45, 2.75) is 62.4 Å². The van der Waals surface area contributed by atoms with Crippen LogP contribution in [0.2, 0.25) is 0 Å². The quantitative estimate of drug-likeness (QED) is 0.0903. The van der Waals surface area contributed by atoms with Gasteiger partial charge in [-0.05, 0) is 149 Å². The highest BCUT2D eigenvalue weighted by Crippen LogP contribution is 2.29. The van der Waals surface area contributed by atoms with Gasteiger partial charge in [-0.2, -0.15) is 0 Å². The van der Waals surface area contributed by atoms with Crippen LogP contribution in [0.1, 0.15) is 41.5 Å². The van der Waals surface area contributed by atoms with Crippen molar-refractivity contribution in [3.05, 3.63) is 183 Å². The Morgan fingerprint density at radius 3 is 1.17 bits per heavy atom. The zero-order chi connectivity index (χ0) is 50.7. The van der Waals surface area contributed by atoms with E-state index in [4.69, 9.17) is 0 Å². The molecule has 18 heteroatoms. The molecule has 4 N–H and O–H groups in total. The van der Waals surface area contributed by atoms with E-state index in [1.807, 2.05) is 163 Å². The predicted molar refractivity (Wildman–Crippen MR) is 283 cm³/mol. The Hall–Kier alpha value is -8.16. The molecule has 0 radical (unpaired) electrons. The molecule has 0 aliphatic rings. The molecule has 0 saturated carbocycles. The molecule has 4 aromatic carbocycles. The van der Waals surface area contributed by atoms with Crippen molar-refractivity contribution >= 4 is 54.4 Å². The van der Waals surface area contributed by atoms with Crippen LogP contribution in [0.5, 0.6) is 0 Å². The van der Waals surface area contributed by atoms with Gasteiger partial charge < -0.3 is 10.6 Å². The Labute approximate surface area is 418 Å². The Balaban J connectivity index is 0.000000178. The van der Waals surface area contributed by atoms with Crippen molar-refractivity contribution in [2.24, 2.45) is 0 Å². The van der Waals surface area contributed by atoms with Crippen LogP contribution in [0, 0.1) is 0 Å². The first-order chi connectivity index (χ1) is 34.4. The molecule has 10 rings (SSSR count). The van der Waals surface area contributed by atoms with E-state index in [2.05, 4.69) is 50.2 Å². The second-order valence-electron chi connectivity index (χ2n) is 18.9. The Bertz CT molecular complexity index is 3490. The molecule has 6 aromatic heterocycles. The summed E-state index contributed by atoms with van der Waals surface area (Å²) in [4.78, 5) is 17.6. The average Bonchev–Trinajstić information content (AvgIpc) is 3.98. The summed E-state index contributed by atoms with van der Waals surface area (Å²) in [5, 5.41) is 15.8. The van der Waals surface area contributed by atoms with Crippen molar-refractivity contribution in [1.29, 1.82) is 0 Å². The predicted octanol–water partition coefficient (Wildman–Crippen LogP) is 10.6. The molecular weight excluding hydrogens is 945 g/mol. The van der Waals surface area contributed by atoms with Gasteiger partial charge in [-0.25, -0.2) is 45.3 Å². The van der Waals surface area contributed by atoms with Crippen LogP contribution in [0.25, 0.3) is 55.8 Å². The molecule has 10 aromatic rings. The maximum absolute atomic E-state index is 12.8. The van der Waals surface area contributed by atoms with E-state index in [1.54, 1.807) is 70.2 Å². The number of benzene rings is 4. The van der Waals surface area contributed by atoms with Crippen LogP contribution < -0.4 is 20.1 Å². The van der Waals surface area contributed by atoms with Crippen LogP contribution in [0.4, 0.5) is 23.3 Å². The number of pyridine rings is 2. The molecule has 72 heavy (non-hydrogen) atoms. The highest BCUT2D eigenvalue weighted by Gasteiger charge is 2.24. The summed E-state index contributed by atoms with van der Waals surface area (Å²) in [5.74, 6) is 0.847. The van der Waals surface area contributed by atoms with Crippen LogP contribution in [-0.2, 0) is 20.0 Å². The molecule has 0 bridgehead atoms. The lowest BCUT2D eigenvalue weighted by Crippen LogP contribution is -2.40. The molecule has 0 atom stereocenters. The summed E-state index contributed by atoms with van der Waals surface area (Å²) in [6.07, 6.45) is 10.6. The van der Waals surface area contributed by atoms with Gasteiger partial charge in [0.1, 0.15) is 0 Å². The first kappa shape index (κ1) is 48.8. The number of anilines is 4. The average molecular weight is 997 g/mol. The summed E-state index contributed by atoms with van der Waals surface area (Å²) in [5.41, 5.74) is 9.31. The van der Waals surface area contributed by atoms with Crippen molar-refractivity contribution < 1.29 is 16.8 Å². The first-order valence-corrected chi connectivity index (χ1v) is 25.9. The molecular formula is C54H52N12O4S2. The fraction of sp³-hybridized carbons (Fsp3) is 0.148. The van der Waals surface area contributed by atoms with E-state index in [-0.39, 0.29) is 9.79 Å². The van der Waals surface area contributed by atoms with Crippen LogP contribution in [0.15, 0.2) is 193 Å². The molecule has 0 unspecified atom stereocenters. The third-order valence-corrected chi connectivity index (χ3v) is 14.3. The fourth-order valence-corrected chi connectivity index (χ4v) is 10.7. The molecule has 0 saturated heterocycles. The third-order valence-electron chi connectivity index (χ3n) is 10.8. The van der Waals surface area contributed by atoms with Crippen molar-refractivity contribution in [3.8, 4) is 44.8 Å². The van der Waals surface area contributed by atoms with E-state index in [9.17, 15) is 16.8 Å². The Morgan fingerprint density at radius 1 is 0.417 bits per heavy atom. The molecule has 6 heterocycles. The summed E-state index contributed by atoms with van der Waals surface area (Å²) in [7, 11) is -7.33. The SMILES string of the molecule is CC(C)(C)NS(=O)(=O)c1cccc(-c2ccc3cnc(Nc4ccc(-c5cccnc5)cc4)nn23)c1.CC(C)(C)NS(=O)(=O)c1cccc(-c2ccc3cnc(Nc4ccc(-c5cccnc5)cc4)nn23)c1. The van der Waals surface area contributed by atoms with E-state index in [0.717, 1.165) is 67.2 Å². The van der Waals surface area contributed by atoms with Gasteiger partial charge >= 0.3 is 0 Å². The van der Waals surface area contributed by atoms with Gasteiger partial charge in [-0.3, -0.25) is 9.97 Å². The lowest BCUT2D eigenvalue weighted by Gasteiger charge is -2.20. The number of nitrogens with zero attached hydrogens (tertiary/aromatic N) is 8. The summed E-state index contributed by atoms with van der Waals surface area (Å²) in [6, 6.07) is 45.0. The van der Waals surface area contributed by atoms with Gasteiger partial charge in [0.05, 0.1) is 44.6 Å². The van der Waals surface area contributed by atoms with Gasteiger partial charge in [-0.1, -0.05) is 60.7 Å². The first-order valence-electron chi connectivity index (χ1n) is 22.9. The summed E-state index contributed by atoms with van der Waals surface area (Å²) >= 11 is 0. The zero-order valence-corrected chi connectivity index (χ0v) is 42.0. The minimum atomic E-state index is -3.67. The minimum Gasteiger partial charge on any atom is -0.323 e. The summed E-state index contributed by atoms with van der Waals surface area (Å²) in [6.45, 7) is 10.9. The number of fused-ring (bicyclic) bond motifs is 2. The van der Waals surface area contributed by atoms with Gasteiger partial charge in [0.2, 0.25) is 31.9 Å². The van der Waals surface area contributed by atoms with Crippen molar-refractivity contribution in [2.75, 3.05) is 10.6 Å². The monoisotopic (exact) mass is 996 g/mol. The number of hydrogen-bond donors (Lipinski definition) is 4. The highest BCUT2D eigenvalue weighted by molar-refractivity contribution is 7.89. The van der Waals surface area contributed by atoms with Crippen molar-refractivity contribution in [3.63, 3.8) is 0 Å². The maximum Gasteiger partial charge on any atom is 0.245 e. The molecule has 0 aliphatic carbocycles. The van der Waals surface area contributed by atoms with Crippen LogP contribution in [0.3, 0.4) is 0 Å². The zero-order valence-electron chi connectivity index (χ0n) is 40.3. The number of aromatic nitrogens is 8. The number of sulfonamides is 2. The van der Waals surface area contributed by atoms with Gasteiger partial charge in [-0.15, -0.1) is 10.2 Å². The normalized spacial score (nSPS) is 12.1. The molecule has 0 aliphatic heterocycles. The number of nitrogens with one attached hydrogen (secondary N) is 4. The number of rotatable bonds is 12. The van der Waals surface area contributed by atoms with E-state index in [1.165, 1.54) is 0 Å². The van der Waals surface area contributed by atoms with E-state index < -0.39 is 31.1 Å². The maximum atomic E-state index is 12.8. The largest absolute Gasteiger partial charge is 0.323 e. The second kappa shape index (κ2) is 19.9. The highest BCUT2D eigenvalue weighted by atomic mass is 32.2. The smallest absolute Gasteiger partial charge is 0.245 e. The molecule has 364 valence electrons. The van der Waals surface area contributed by atoms with Crippen molar-refractivity contribution in [1.82, 2.24) is 48.6 Å². The molecule has 0 fully saturated rings. The van der Waals surface area contributed by atoms with E-state index >= 15 is 0 Å². The Morgan fingerprint density at radius 2 is 0.806 bits per heavy atom. The Kier molecular flexibility index (Phi) is 13.5. The lowest BCUT2D eigenvalue weighted by molar-refractivity contribution is 0.490. The van der Waals surface area contributed by atoms with Gasteiger partial charge in [0.25, 0.3) is 0 Å². The molecule has 0 spiro atoms.